The first-order chi connectivity index (χ1) is 14.9. The normalized spacial score (nSPS) is 11.7. The van der Waals surface area contributed by atoms with Gasteiger partial charge >= 0.3 is 0 Å². The highest BCUT2D eigenvalue weighted by Crippen LogP contribution is 2.23. The van der Waals surface area contributed by atoms with Crippen LogP contribution in [0.15, 0.2) is 42.5 Å². The van der Waals surface area contributed by atoms with E-state index in [1.54, 1.807) is 23.6 Å². The summed E-state index contributed by atoms with van der Waals surface area (Å²) < 4.78 is 26.5. The Hall–Kier alpha value is -3.20. The minimum Gasteiger partial charge on any atom is -0.494 e. The molecule has 1 amide bonds. The van der Waals surface area contributed by atoms with Gasteiger partial charge in [-0.15, -0.1) is 0 Å². The van der Waals surface area contributed by atoms with Crippen LogP contribution >= 0.6 is 12.2 Å². The van der Waals surface area contributed by atoms with Crippen molar-refractivity contribution < 1.29 is 18.7 Å². The Balaban J connectivity index is 1.64. The number of hydrogen-bond donors (Lipinski definition) is 2. The Morgan fingerprint density at radius 3 is 2.68 bits per heavy atom. The summed E-state index contributed by atoms with van der Waals surface area (Å²) in [5.74, 6) is 0.940. The molecule has 0 aliphatic carbocycles. The third-order valence-corrected chi connectivity index (χ3v) is 5.11. The summed E-state index contributed by atoms with van der Waals surface area (Å²) in [6.07, 6.45) is 0.195. The van der Waals surface area contributed by atoms with Gasteiger partial charge in [0.05, 0.1) is 19.8 Å². The van der Waals surface area contributed by atoms with Gasteiger partial charge in [-0.05, 0) is 68.0 Å². The number of aromatic amines is 1. The van der Waals surface area contributed by atoms with Crippen LogP contribution in [0.2, 0.25) is 0 Å². The second kappa shape index (κ2) is 10.2. The third-order valence-electron chi connectivity index (χ3n) is 4.80. The molecule has 0 saturated carbocycles. The Labute approximate surface area is 185 Å². The molecule has 0 saturated heterocycles. The molecule has 2 N–H and O–H groups in total. The van der Waals surface area contributed by atoms with Crippen LogP contribution in [0.3, 0.4) is 0 Å². The number of carbonyl (C=O) groups excluding carboxylic acids is 1. The van der Waals surface area contributed by atoms with Crippen LogP contribution in [-0.2, 0) is 11.3 Å². The average molecular weight is 445 g/mol. The van der Waals surface area contributed by atoms with Gasteiger partial charge < -0.3 is 14.8 Å². The van der Waals surface area contributed by atoms with E-state index in [0.717, 1.165) is 11.3 Å². The van der Waals surface area contributed by atoms with E-state index in [9.17, 15) is 9.18 Å². The molecule has 2 aromatic carbocycles. The molecular weight excluding hydrogens is 419 g/mol. The molecule has 31 heavy (non-hydrogen) atoms. The zero-order valence-electron chi connectivity index (χ0n) is 17.6. The average Bonchev–Trinajstić information content (AvgIpc) is 3.13. The molecule has 1 aromatic heterocycles. The lowest BCUT2D eigenvalue weighted by molar-refractivity contribution is -0.121. The van der Waals surface area contributed by atoms with Crippen LogP contribution in [0.1, 0.15) is 31.9 Å². The van der Waals surface area contributed by atoms with E-state index in [-0.39, 0.29) is 24.1 Å². The number of methoxy groups -OCH3 is 1. The molecule has 3 aromatic rings. The first-order valence-electron chi connectivity index (χ1n) is 9.94. The van der Waals surface area contributed by atoms with Crippen LogP contribution < -0.4 is 14.8 Å². The van der Waals surface area contributed by atoms with Crippen LogP contribution in [-0.4, -0.2) is 34.4 Å². The number of hydrogen-bond acceptors (Lipinski definition) is 5. The number of H-pyrrole nitrogens is 1. The summed E-state index contributed by atoms with van der Waals surface area (Å²) in [5.41, 5.74) is 1.51. The molecule has 0 bridgehead atoms. The third kappa shape index (κ3) is 5.49. The molecule has 1 heterocycles. The summed E-state index contributed by atoms with van der Waals surface area (Å²) in [5, 5.41) is 9.96. The molecule has 0 aliphatic rings. The van der Waals surface area contributed by atoms with E-state index in [4.69, 9.17) is 21.7 Å². The number of nitrogens with one attached hydrogen (secondary N) is 2. The molecule has 0 fully saturated rings. The van der Waals surface area contributed by atoms with Gasteiger partial charge in [0.2, 0.25) is 5.91 Å². The first kappa shape index (κ1) is 22.5. The van der Waals surface area contributed by atoms with Crippen molar-refractivity contribution in [1.29, 1.82) is 0 Å². The van der Waals surface area contributed by atoms with Crippen molar-refractivity contribution >= 4 is 18.1 Å². The summed E-state index contributed by atoms with van der Waals surface area (Å²) in [6, 6.07) is 11.8. The van der Waals surface area contributed by atoms with Gasteiger partial charge in [0.15, 0.2) is 22.2 Å². The number of ether oxygens (including phenoxy) is 2. The minimum absolute atomic E-state index is 0.165. The van der Waals surface area contributed by atoms with E-state index in [1.165, 1.54) is 13.2 Å². The number of aromatic nitrogens is 3. The fraction of sp³-hybridized carbons (Fsp3) is 0.318. The van der Waals surface area contributed by atoms with Gasteiger partial charge in [-0.25, -0.2) is 4.39 Å². The lowest BCUT2D eigenvalue weighted by Gasteiger charge is -2.15. The number of amides is 1. The summed E-state index contributed by atoms with van der Waals surface area (Å²) >= 11 is 5.33. The molecule has 3 rings (SSSR count). The first-order valence-corrected chi connectivity index (χ1v) is 10.3. The van der Waals surface area contributed by atoms with E-state index in [1.807, 2.05) is 31.2 Å². The molecule has 164 valence electrons. The number of nitrogens with zero attached hydrogens (tertiary/aromatic N) is 2. The van der Waals surface area contributed by atoms with Crippen molar-refractivity contribution in [3.05, 3.63) is 58.6 Å². The second-order valence-electron chi connectivity index (χ2n) is 6.89. The van der Waals surface area contributed by atoms with E-state index in [0.29, 0.717) is 29.3 Å². The summed E-state index contributed by atoms with van der Waals surface area (Å²) in [7, 11) is 1.41. The summed E-state index contributed by atoms with van der Waals surface area (Å²) in [4.78, 5) is 12.5. The zero-order chi connectivity index (χ0) is 22.4. The van der Waals surface area contributed by atoms with Crippen molar-refractivity contribution in [2.75, 3.05) is 13.7 Å². The highest BCUT2D eigenvalue weighted by molar-refractivity contribution is 7.71. The van der Waals surface area contributed by atoms with Gasteiger partial charge in [-0.3, -0.25) is 14.5 Å². The second-order valence-corrected chi connectivity index (χ2v) is 7.28. The van der Waals surface area contributed by atoms with Crippen LogP contribution in [0.5, 0.6) is 11.5 Å². The smallest absolute Gasteiger partial charge is 0.222 e. The maximum Gasteiger partial charge on any atom is 0.222 e. The Morgan fingerprint density at radius 1 is 1.29 bits per heavy atom. The van der Waals surface area contributed by atoms with Crippen molar-refractivity contribution in [1.82, 2.24) is 20.1 Å². The van der Waals surface area contributed by atoms with Crippen molar-refractivity contribution in [2.24, 2.45) is 0 Å². The van der Waals surface area contributed by atoms with E-state index in [2.05, 4.69) is 15.5 Å². The standard InChI is InChI=1S/C22H25FN4O3S/c1-4-30-17-8-5-15(6-9-17)21-25-26-22(31)27(21)12-11-20(28)24-14(2)16-7-10-19(29-3)18(23)13-16/h5-10,13-14H,4,11-12H2,1-3H3,(H,24,28)(H,26,31)/t14-/m0/s1. The quantitative estimate of drug-likeness (QED) is 0.478. The molecule has 7 nitrogen and oxygen atoms in total. The van der Waals surface area contributed by atoms with Crippen LogP contribution in [0.25, 0.3) is 11.4 Å². The van der Waals surface area contributed by atoms with Crippen LogP contribution in [0, 0.1) is 10.6 Å². The molecule has 9 heteroatoms. The zero-order valence-corrected chi connectivity index (χ0v) is 18.5. The van der Waals surface area contributed by atoms with Gasteiger partial charge in [0.25, 0.3) is 0 Å². The molecular formula is C22H25FN4O3S. The number of halogens is 1. The van der Waals surface area contributed by atoms with Gasteiger partial charge in [-0.2, -0.15) is 5.10 Å². The van der Waals surface area contributed by atoms with Crippen molar-refractivity contribution in [3.63, 3.8) is 0 Å². The van der Waals surface area contributed by atoms with E-state index >= 15 is 0 Å². The highest BCUT2D eigenvalue weighted by Gasteiger charge is 2.14. The van der Waals surface area contributed by atoms with Gasteiger partial charge in [0.1, 0.15) is 5.75 Å². The lowest BCUT2D eigenvalue weighted by atomic mass is 10.1. The largest absolute Gasteiger partial charge is 0.494 e. The van der Waals surface area contributed by atoms with Crippen LogP contribution in [0.4, 0.5) is 4.39 Å². The topological polar surface area (TPSA) is 81.2 Å². The number of rotatable bonds is 9. The Morgan fingerprint density at radius 2 is 2.03 bits per heavy atom. The SMILES string of the molecule is CCOc1ccc(-c2n[nH]c(=S)n2CCC(=O)N[C@@H](C)c2ccc(OC)c(F)c2)cc1. The van der Waals surface area contributed by atoms with Crippen molar-refractivity contribution in [2.45, 2.75) is 32.9 Å². The maximum absolute atomic E-state index is 13.9. The van der Waals surface area contributed by atoms with Gasteiger partial charge in [0, 0.05) is 18.5 Å². The lowest BCUT2D eigenvalue weighted by Crippen LogP contribution is -2.27. The predicted octanol–water partition coefficient (Wildman–Crippen LogP) is 4.42. The minimum atomic E-state index is -0.467. The fourth-order valence-electron chi connectivity index (χ4n) is 3.17. The predicted molar refractivity (Wildman–Crippen MR) is 118 cm³/mol. The fourth-order valence-corrected chi connectivity index (χ4v) is 3.40. The monoisotopic (exact) mass is 444 g/mol. The number of carbonyl (C=O) groups is 1. The molecule has 0 spiro atoms. The molecule has 0 radical (unpaired) electrons. The molecule has 0 unspecified atom stereocenters. The highest BCUT2D eigenvalue weighted by atomic mass is 32.1. The Bertz CT molecular complexity index is 1090. The van der Waals surface area contributed by atoms with Gasteiger partial charge in [-0.1, -0.05) is 6.07 Å². The maximum atomic E-state index is 13.9. The van der Waals surface area contributed by atoms with E-state index < -0.39 is 5.82 Å². The van der Waals surface area contributed by atoms with Crippen molar-refractivity contribution in [3.8, 4) is 22.9 Å². The summed E-state index contributed by atoms with van der Waals surface area (Å²) in [6.45, 7) is 4.67. The Kier molecular flexibility index (Phi) is 7.41. The molecule has 1 atom stereocenters. The number of benzene rings is 2. The molecule has 0 aliphatic heterocycles.